The van der Waals surface area contributed by atoms with Crippen LogP contribution in [0.5, 0.6) is 0 Å². The second-order valence-electron chi connectivity index (χ2n) is 5.81. The summed E-state index contributed by atoms with van der Waals surface area (Å²) in [7, 11) is 4.32. The lowest BCUT2D eigenvalue weighted by Gasteiger charge is -2.21. The molecule has 16 heavy (non-hydrogen) atoms. The van der Waals surface area contributed by atoms with Crippen molar-refractivity contribution in [3.63, 3.8) is 0 Å². The zero-order valence-electron chi connectivity index (χ0n) is 11.2. The maximum Gasteiger partial charge on any atom is 0.0683 e. The fraction of sp³-hybridized carbons (Fsp3) is 0.923. The molecular weight excluding hydrogens is 198 g/mol. The van der Waals surface area contributed by atoms with Crippen LogP contribution in [0.1, 0.15) is 33.1 Å². The largest absolute Gasteiger partial charge is 0.305 e. The molecule has 1 unspecified atom stereocenters. The molecule has 3 nitrogen and oxygen atoms in total. The van der Waals surface area contributed by atoms with Crippen molar-refractivity contribution in [3.05, 3.63) is 0 Å². The first-order chi connectivity index (χ1) is 7.44. The molecule has 0 N–H and O–H groups in total. The van der Waals surface area contributed by atoms with Gasteiger partial charge in [0.25, 0.3) is 0 Å². The summed E-state index contributed by atoms with van der Waals surface area (Å²) in [6.45, 7) is 7.62. The van der Waals surface area contributed by atoms with Gasteiger partial charge < -0.3 is 9.80 Å². The van der Waals surface area contributed by atoms with E-state index < -0.39 is 0 Å². The standard InChI is InChI=1S/C13H25N3/c1-13(2,11-14)7-5-8-16-9-6-12(10-16)15(3)4/h12H,5-10H2,1-4H3. The Morgan fingerprint density at radius 2 is 2.12 bits per heavy atom. The minimum Gasteiger partial charge on any atom is -0.305 e. The highest BCUT2D eigenvalue weighted by atomic mass is 15.2. The fourth-order valence-electron chi connectivity index (χ4n) is 2.24. The van der Waals surface area contributed by atoms with E-state index in [0.717, 1.165) is 25.4 Å². The van der Waals surface area contributed by atoms with Gasteiger partial charge >= 0.3 is 0 Å². The molecule has 0 aromatic heterocycles. The van der Waals surface area contributed by atoms with Crippen molar-refractivity contribution < 1.29 is 0 Å². The summed E-state index contributed by atoms with van der Waals surface area (Å²) >= 11 is 0. The molecule has 1 saturated heterocycles. The quantitative estimate of drug-likeness (QED) is 0.713. The minimum absolute atomic E-state index is 0.152. The van der Waals surface area contributed by atoms with E-state index in [1.54, 1.807) is 0 Å². The van der Waals surface area contributed by atoms with Crippen molar-refractivity contribution in [3.8, 4) is 6.07 Å². The molecule has 1 fully saturated rings. The van der Waals surface area contributed by atoms with Gasteiger partial charge in [0.15, 0.2) is 0 Å². The highest BCUT2D eigenvalue weighted by Gasteiger charge is 2.24. The maximum absolute atomic E-state index is 8.93. The van der Waals surface area contributed by atoms with Crippen LogP contribution in [-0.2, 0) is 0 Å². The van der Waals surface area contributed by atoms with Crippen LogP contribution in [-0.4, -0.2) is 49.6 Å². The molecule has 1 rings (SSSR count). The lowest BCUT2D eigenvalue weighted by Crippen LogP contribution is -2.32. The molecule has 0 aromatic rings. The molecule has 1 aliphatic rings. The molecular formula is C13H25N3. The van der Waals surface area contributed by atoms with Gasteiger partial charge in [0.1, 0.15) is 0 Å². The van der Waals surface area contributed by atoms with Gasteiger partial charge in [0.05, 0.1) is 11.5 Å². The van der Waals surface area contributed by atoms with Crippen LogP contribution < -0.4 is 0 Å². The highest BCUT2D eigenvalue weighted by Crippen LogP contribution is 2.22. The average Bonchev–Trinajstić information content (AvgIpc) is 2.66. The number of nitriles is 1. The third-order valence-corrected chi connectivity index (χ3v) is 3.56. The molecule has 0 aliphatic carbocycles. The van der Waals surface area contributed by atoms with Gasteiger partial charge in [-0.2, -0.15) is 5.26 Å². The number of likely N-dealkylation sites (tertiary alicyclic amines) is 1. The van der Waals surface area contributed by atoms with Crippen LogP contribution in [0.25, 0.3) is 0 Å². The number of likely N-dealkylation sites (N-methyl/N-ethyl adjacent to an activating group) is 1. The highest BCUT2D eigenvalue weighted by molar-refractivity contribution is 4.91. The Morgan fingerprint density at radius 3 is 2.62 bits per heavy atom. The third kappa shape index (κ3) is 4.11. The van der Waals surface area contributed by atoms with Crippen LogP contribution in [0.4, 0.5) is 0 Å². The Balaban J connectivity index is 2.19. The molecule has 1 heterocycles. The van der Waals surface area contributed by atoms with E-state index >= 15 is 0 Å². The van der Waals surface area contributed by atoms with Gasteiger partial charge in [-0.3, -0.25) is 0 Å². The molecule has 1 aliphatic heterocycles. The van der Waals surface area contributed by atoms with Crippen molar-refractivity contribution in [1.29, 1.82) is 5.26 Å². The maximum atomic E-state index is 8.93. The van der Waals surface area contributed by atoms with Gasteiger partial charge in [-0.05, 0) is 60.3 Å². The number of hydrogen-bond acceptors (Lipinski definition) is 3. The average molecular weight is 223 g/mol. The van der Waals surface area contributed by atoms with Crippen molar-refractivity contribution >= 4 is 0 Å². The number of rotatable bonds is 5. The van der Waals surface area contributed by atoms with Crippen molar-refractivity contribution in [1.82, 2.24) is 9.80 Å². The van der Waals surface area contributed by atoms with E-state index in [4.69, 9.17) is 5.26 Å². The molecule has 0 bridgehead atoms. The zero-order valence-corrected chi connectivity index (χ0v) is 11.2. The van der Waals surface area contributed by atoms with E-state index in [0.29, 0.717) is 0 Å². The molecule has 0 aromatic carbocycles. The second kappa shape index (κ2) is 5.65. The van der Waals surface area contributed by atoms with Crippen molar-refractivity contribution in [2.45, 2.75) is 39.2 Å². The smallest absolute Gasteiger partial charge is 0.0683 e. The lowest BCUT2D eigenvalue weighted by atomic mass is 9.90. The first kappa shape index (κ1) is 13.5. The zero-order chi connectivity index (χ0) is 12.2. The van der Waals surface area contributed by atoms with Crippen LogP contribution in [0, 0.1) is 16.7 Å². The van der Waals surface area contributed by atoms with E-state index in [1.165, 1.54) is 19.5 Å². The van der Waals surface area contributed by atoms with Crippen LogP contribution in [0.15, 0.2) is 0 Å². The van der Waals surface area contributed by atoms with Crippen molar-refractivity contribution in [2.24, 2.45) is 5.41 Å². The molecule has 0 spiro atoms. The van der Waals surface area contributed by atoms with Gasteiger partial charge in [-0.15, -0.1) is 0 Å². The fourth-order valence-corrected chi connectivity index (χ4v) is 2.24. The topological polar surface area (TPSA) is 30.3 Å². The van der Waals surface area contributed by atoms with Gasteiger partial charge in [-0.1, -0.05) is 0 Å². The molecule has 0 amide bonds. The molecule has 3 heteroatoms. The van der Waals surface area contributed by atoms with Crippen LogP contribution in [0.3, 0.4) is 0 Å². The van der Waals surface area contributed by atoms with Gasteiger partial charge in [0.2, 0.25) is 0 Å². The van der Waals surface area contributed by atoms with Crippen molar-refractivity contribution in [2.75, 3.05) is 33.7 Å². The Kier molecular flexibility index (Phi) is 4.76. The predicted octanol–water partition coefficient (Wildman–Crippen LogP) is 1.95. The summed E-state index contributed by atoms with van der Waals surface area (Å²) in [5.74, 6) is 0. The Morgan fingerprint density at radius 1 is 1.44 bits per heavy atom. The van der Waals surface area contributed by atoms with Crippen LogP contribution >= 0.6 is 0 Å². The van der Waals surface area contributed by atoms with E-state index in [1.807, 2.05) is 13.8 Å². The molecule has 1 atom stereocenters. The van der Waals surface area contributed by atoms with Gasteiger partial charge in [0, 0.05) is 12.6 Å². The number of nitrogens with zero attached hydrogens (tertiary/aromatic N) is 3. The Labute approximate surface area is 100 Å². The molecule has 0 saturated carbocycles. The summed E-state index contributed by atoms with van der Waals surface area (Å²) in [5, 5.41) is 8.93. The lowest BCUT2D eigenvalue weighted by molar-refractivity contribution is 0.259. The summed E-state index contributed by atoms with van der Waals surface area (Å²) in [6.07, 6.45) is 3.43. The predicted molar refractivity (Wildman–Crippen MR) is 67.2 cm³/mol. The van der Waals surface area contributed by atoms with E-state index in [-0.39, 0.29) is 5.41 Å². The van der Waals surface area contributed by atoms with E-state index in [2.05, 4.69) is 30.0 Å². The first-order valence-corrected chi connectivity index (χ1v) is 6.24. The first-order valence-electron chi connectivity index (χ1n) is 6.24. The summed E-state index contributed by atoms with van der Waals surface area (Å²) < 4.78 is 0. The SMILES string of the molecule is CN(C)C1CCN(CCCC(C)(C)C#N)C1. The number of hydrogen-bond donors (Lipinski definition) is 0. The normalized spacial score (nSPS) is 22.6. The monoisotopic (exact) mass is 223 g/mol. The minimum atomic E-state index is -0.152. The molecule has 92 valence electrons. The van der Waals surface area contributed by atoms with Crippen LogP contribution in [0.2, 0.25) is 0 Å². The summed E-state index contributed by atoms with van der Waals surface area (Å²) in [4.78, 5) is 4.84. The summed E-state index contributed by atoms with van der Waals surface area (Å²) in [6, 6.07) is 3.09. The van der Waals surface area contributed by atoms with E-state index in [9.17, 15) is 0 Å². The third-order valence-electron chi connectivity index (χ3n) is 3.56. The Hall–Kier alpha value is -0.590. The Bertz CT molecular complexity index is 252. The van der Waals surface area contributed by atoms with Gasteiger partial charge in [-0.25, -0.2) is 0 Å². The summed E-state index contributed by atoms with van der Waals surface area (Å²) in [5.41, 5.74) is -0.152. The second-order valence-corrected chi connectivity index (χ2v) is 5.81. The molecule has 0 radical (unpaired) electrons.